The number of benzene rings is 1. The summed E-state index contributed by atoms with van der Waals surface area (Å²) in [5.74, 6) is 0. The molecule has 0 radical (unpaired) electrons. The van der Waals surface area contributed by atoms with Gasteiger partial charge >= 0.3 is 0 Å². The number of rotatable bonds is 4. The molecular weight excluding hydrogens is 172 g/mol. The van der Waals surface area contributed by atoms with Crippen LogP contribution in [0.3, 0.4) is 0 Å². The molecule has 0 atom stereocenters. The number of nitrogens with zero attached hydrogens (tertiary/aromatic N) is 1. The van der Waals surface area contributed by atoms with Crippen molar-refractivity contribution in [2.45, 2.75) is 19.8 Å². The van der Waals surface area contributed by atoms with Crippen molar-refractivity contribution in [3.63, 3.8) is 0 Å². The maximum Gasteiger partial charge on any atom is 0.0363 e. The molecule has 2 heteroatoms. The van der Waals surface area contributed by atoms with E-state index < -0.39 is 0 Å². The minimum absolute atomic E-state index is 0.773. The third kappa shape index (κ3) is 2.74. The lowest BCUT2D eigenvalue weighted by molar-refractivity contribution is 0.828. The molecular formula is C12H20N2. The summed E-state index contributed by atoms with van der Waals surface area (Å²) < 4.78 is 0. The molecule has 2 nitrogen and oxygen atoms in total. The molecule has 0 saturated heterocycles. The zero-order chi connectivity index (χ0) is 10.6. The van der Waals surface area contributed by atoms with Crippen molar-refractivity contribution in [1.29, 1.82) is 0 Å². The van der Waals surface area contributed by atoms with Crippen LogP contribution in [0, 0.1) is 6.92 Å². The van der Waals surface area contributed by atoms with Crippen molar-refractivity contribution in [3.05, 3.63) is 29.3 Å². The van der Waals surface area contributed by atoms with Gasteiger partial charge in [-0.15, -0.1) is 0 Å². The molecule has 1 aromatic carbocycles. The number of anilines is 1. The van der Waals surface area contributed by atoms with Crippen molar-refractivity contribution in [1.82, 2.24) is 0 Å². The largest absolute Gasteiger partial charge is 0.378 e. The molecule has 14 heavy (non-hydrogen) atoms. The van der Waals surface area contributed by atoms with E-state index in [1.165, 1.54) is 16.8 Å². The van der Waals surface area contributed by atoms with Gasteiger partial charge in [0.25, 0.3) is 0 Å². The fraction of sp³-hybridized carbons (Fsp3) is 0.500. The second-order valence-corrected chi connectivity index (χ2v) is 3.90. The first-order valence-electron chi connectivity index (χ1n) is 5.12. The van der Waals surface area contributed by atoms with Crippen LogP contribution >= 0.6 is 0 Å². The van der Waals surface area contributed by atoms with Gasteiger partial charge in [-0.1, -0.05) is 6.07 Å². The maximum atomic E-state index is 5.50. The summed E-state index contributed by atoms with van der Waals surface area (Å²) in [6.07, 6.45) is 2.16. The van der Waals surface area contributed by atoms with Crippen molar-refractivity contribution in [3.8, 4) is 0 Å². The third-order valence-electron chi connectivity index (χ3n) is 2.49. The maximum absolute atomic E-state index is 5.50. The van der Waals surface area contributed by atoms with Crippen molar-refractivity contribution in [2.24, 2.45) is 5.73 Å². The molecule has 0 spiro atoms. The predicted molar refractivity (Wildman–Crippen MR) is 62.9 cm³/mol. The number of hydrogen-bond acceptors (Lipinski definition) is 2. The first-order chi connectivity index (χ1) is 6.65. The van der Waals surface area contributed by atoms with Crippen molar-refractivity contribution in [2.75, 3.05) is 25.5 Å². The van der Waals surface area contributed by atoms with Gasteiger partial charge in [0.05, 0.1) is 0 Å². The molecule has 0 heterocycles. The van der Waals surface area contributed by atoms with Gasteiger partial charge in [-0.05, 0) is 49.6 Å². The quantitative estimate of drug-likeness (QED) is 0.790. The van der Waals surface area contributed by atoms with E-state index in [1.807, 2.05) is 0 Å². The predicted octanol–water partition coefficient (Wildman–Crippen LogP) is 1.95. The van der Waals surface area contributed by atoms with E-state index in [1.54, 1.807) is 0 Å². The Hall–Kier alpha value is -1.02. The van der Waals surface area contributed by atoms with Crippen LogP contribution in [-0.4, -0.2) is 20.6 Å². The van der Waals surface area contributed by atoms with E-state index in [2.05, 4.69) is 44.1 Å². The Labute approximate surface area is 86.7 Å². The monoisotopic (exact) mass is 192 g/mol. The molecule has 0 aliphatic rings. The smallest absolute Gasteiger partial charge is 0.0363 e. The van der Waals surface area contributed by atoms with Crippen LogP contribution in [0.1, 0.15) is 17.5 Å². The normalized spacial score (nSPS) is 10.3. The molecule has 0 bridgehead atoms. The Kier molecular flexibility index (Phi) is 3.96. The first kappa shape index (κ1) is 11.1. The highest BCUT2D eigenvalue weighted by molar-refractivity contribution is 5.49. The van der Waals surface area contributed by atoms with Crippen LogP contribution in [0.15, 0.2) is 18.2 Å². The van der Waals surface area contributed by atoms with E-state index in [-0.39, 0.29) is 0 Å². The van der Waals surface area contributed by atoms with E-state index in [0.29, 0.717) is 0 Å². The van der Waals surface area contributed by atoms with Gasteiger partial charge in [-0.2, -0.15) is 0 Å². The van der Waals surface area contributed by atoms with Crippen LogP contribution in [0.25, 0.3) is 0 Å². The molecule has 0 aliphatic carbocycles. The van der Waals surface area contributed by atoms with E-state index >= 15 is 0 Å². The average Bonchev–Trinajstić information content (AvgIpc) is 2.15. The van der Waals surface area contributed by atoms with E-state index in [4.69, 9.17) is 5.73 Å². The topological polar surface area (TPSA) is 29.3 Å². The Bertz CT molecular complexity index is 292. The number of hydrogen-bond donors (Lipinski definition) is 1. The van der Waals surface area contributed by atoms with Crippen LogP contribution in [0.4, 0.5) is 5.69 Å². The van der Waals surface area contributed by atoms with Gasteiger partial charge in [0.15, 0.2) is 0 Å². The Morgan fingerprint density at radius 2 is 2.00 bits per heavy atom. The van der Waals surface area contributed by atoms with Gasteiger partial charge < -0.3 is 10.6 Å². The summed E-state index contributed by atoms with van der Waals surface area (Å²) in [4.78, 5) is 2.12. The van der Waals surface area contributed by atoms with Crippen LogP contribution in [-0.2, 0) is 6.42 Å². The summed E-state index contributed by atoms with van der Waals surface area (Å²) >= 11 is 0. The fourth-order valence-corrected chi connectivity index (χ4v) is 1.53. The van der Waals surface area contributed by atoms with Crippen LogP contribution < -0.4 is 10.6 Å². The summed E-state index contributed by atoms with van der Waals surface area (Å²) in [5.41, 5.74) is 9.54. The summed E-state index contributed by atoms with van der Waals surface area (Å²) in [6.45, 7) is 2.94. The second-order valence-electron chi connectivity index (χ2n) is 3.90. The lowest BCUT2D eigenvalue weighted by atomic mass is 10.0. The minimum Gasteiger partial charge on any atom is -0.378 e. The highest BCUT2D eigenvalue weighted by Crippen LogP contribution is 2.18. The number of nitrogens with two attached hydrogens (primary N) is 1. The zero-order valence-corrected chi connectivity index (χ0v) is 9.38. The molecule has 0 aliphatic heterocycles. The standard InChI is InChI=1S/C12H20N2/c1-10-9-12(14(2)3)7-6-11(10)5-4-8-13/h6-7,9H,4-5,8,13H2,1-3H3. The zero-order valence-electron chi connectivity index (χ0n) is 9.38. The molecule has 0 amide bonds. The van der Waals surface area contributed by atoms with Crippen molar-refractivity contribution < 1.29 is 0 Å². The van der Waals surface area contributed by atoms with E-state index in [0.717, 1.165) is 19.4 Å². The van der Waals surface area contributed by atoms with Crippen molar-refractivity contribution >= 4 is 5.69 Å². The molecule has 78 valence electrons. The summed E-state index contributed by atoms with van der Waals surface area (Å²) in [5, 5.41) is 0. The molecule has 0 unspecified atom stereocenters. The lowest BCUT2D eigenvalue weighted by Gasteiger charge is -2.14. The Balaban J connectivity index is 2.79. The van der Waals surface area contributed by atoms with Gasteiger partial charge in [0, 0.05) is 19.8 Å². The fourth-order valence-electron chi connectivity index (χ4n) is 1.53. The highest BCUT2D eigenvalue weighted by Gasteiger charge is 2.00. The Morgan fingerprint density at radius 1 is 1.29 bits per heavy atom. The average molecular weight is 192 g/mol. The molecule has 1 aromatic rings. The first-order valence-corrected chi connectivity index (χ1v) is 5.12. The second kappa shape index (κ2) is 5.01. The third-order valence-corrected chi connectivity index (χ3v) is 2.49. The van der Waals surface area contributed by atoms with Crippen LogP contribution in [0.5, 0.6) is 0 Å². The van der Waals surface area contributed by atoms with Gasteiger partial charge in [0.1, 0.15) is 0 Å². The Morgan fingerprint density at radius 3 is 2.50 bits per heavy atom. The van der Waals surface area contributed by atoms with Gasteiger partial charge in [0.2, 0.25) is 0 Å². The highest BCUT2D eigenvalue weighted by atomic mass is 15.1. The molecule has 0 saturated carbocycles. The van der Waals surface area contributed by atoms with Gasteiger partial charge in [-0.3, -0.25) is 0 Å². The lowest BCUT2D eigenvalue weighted by Crippen LogP contribution is -2.09. The van der Waals surface area contributed by atoms with Gasteiger partial charge in [-0.25, -0.2) is 0 Å². The molecule has 1 rings (SSSR count). The van der Waals surface area contributed by atoms with E-state index in [9.17, 15) is 0 Å². The molecule has 0 aromatic heterocycles. The molecule has 2 N–H and O–H groups in total. The van der Waals surface area contributed by atoms with Crippen LogP contribution in [0.2, 0.25) is 0 Å². The molecule has 0 fully saturated rings. The summed E-state index contributed by atoms with van der Waals surface area (Å²) in [7, 11) is 4.13. The summed E-state index contributed by atoms with van der Waals surface area (Å²) in [6, 6.07) is 6.60. The minimum atomic E-state index is 0.773. The number of aryl methyl sites for hydroxylation is 2. The SMILES string of the molecule is Cc1cc(N(C)C)ccc1CCCN.